The van der Waals surface area contributed by atoms with Crippen molar-refractivity contribution in [2.24, 2.45) is 0 Å². The Morgan fingerprint density at radius 1 is 1.19 bits per heavy atom. The van der Waals surface area contributed by atoms with Crippen LogP contribution in [0.5, 0.6) is 0 Å². The Bertz CT molecular complexity index is 960. The van der Waals surface area contributed by atoms with E-state index in [9.17, 15) is 8.78 Å². The van der Waals surface area contributed by atoms with E-state index in [-0.39, 0.29) is 5.69 Å². The number of benzene rings is 1. The number of nitrogens with one attached hydrogen (secondary N) is 2. The molecule has 1 fully saturated rings. The number of hydrogen-bond acceptors (Lipinski definition) is 5. The topological polar surface area (TPSA) is 62.7 Å². The lowest BCUT2D eigenvalue weighted by Gasteiger charge is -2.22. The molecule has 0 bridgehead atoms. The van der Waals surface area contributed by atoms with Gasteiger partial charge in [-0.1, -0.05) is 11.6 Å². The van der Waals surface area contributed by atoms with E-state index < -0.39 is 16.7 Å². The zero-order valence-electron chi connectivity index (χ0n) is 13.8. The van der Waals surface area contributed by atoms with Crippen LogP contribution in [0, 0.1) is 11.6 Å². The van der Waals surface area contributed by atoms with Crippen molar-refractivity contribution >= 4 is 34.0 Å². The van der Waals surface area contributed by atoms with Gasteiger partial charge in [0.05, 0.1) is 17.4 Å². The molecule has 0 amide bonds. The van der Waals surface area contributed by atoms with Crippen LogP contribution in [0.25, 0.3) is 10.9 Å². The lowest BCUT2D eigenvalue weighted by atomic mass is 9.95. The zero-order valence-corrected chi connectivity index (χ0v) is 14.5. The minimum absolute atomic E-state index is 0.0501. The molecule has 3 heterocycles. The molecule has 5 nitrogen and oxygen atoms in total. The van der Waals surface area contributed by atoms with Crippen LogP contribution in [0.2, 0.25) is 5.02 Å². The SMILES string of the molecule is Fc1ccc(Nc2ncnc3cnc([C@H]4CCCNC4)cc23)c(F)c1Cl. The number of aromatic nitrogens is 3. The Labute approximate surface area is 153 Å². The fourth-order valence-electron chi connectivity index (χ4n) is 3.15. The van der Waals surface area contributed by atoms with Gasteiger partial charge in [0.25, 0.3) is 0 Å². The normalized spacial score (nSPS) is 17.4. The molecule has 134 valence electrons. The Balaban J connectivity index is 1.74. The van der Waals surface area contributed by atoms with E-state index in [1.54, 1.807) is 6.20 Å². The van der Waals surface area contributed by atoms with Crippen molar-refractivity contribution in [3.05, 3.63) is 53.1 Å². The molecule has 2 aromatic heterocycles. The lowest BCUT2D eigenvalue weighted by molar-refractivity contribution is 0.455. The predicted molar refractivity (Wildman–Crippen MR) is 96.8 cm³/mol. The third-order valence-electron chi connectivity index (χ3n) is 4.55. The van der Waals surface area contributed by atoms with Crippen molar-refractivity contribution in [1.29, 1.82) is 0 Å². The Hall–Kier alpha value is -2.38. The number of hydrogen-bond donors (Lipinski definition) is 2. The van der Waals surface area contributed by atoms with Crippen molar-refractivity contribution in [2.75, 3.05) is 18.4 Å². The van der Waals surface area contributed by atoms with Crippen molar-refractivity contribution < 1.29 is 8.78 Å². The monoisotopic (exact) mass is 375 g/mol. The molecule has 0 radical (unpaired) electrons. The van der Waals surface area contributed by atoms with Gasteiger partial charge in [0.2, 0.25) is 0 Å². The second-order valence-corrected chi connectivity index (χ2v) is 6.62. The molecule has 0 unspecified atom stereocenters. The first-order valence-corrected chi connectivity index (χ1v) is 8.73. The smallest absolute Gasteiger partial charge is 0.168 e. The number of halogens is 3. The summed E-state index contributed by atoms with van der Waals surface area (Å²) < 4.78 is 27.6. The summed E-state index contributed by atoms with van der Waals surface area (Å²) in [5.74, 6) is -0.926. The van der Waals surface area contributed by atoms with Gasteiger partial charge in [-0.15, -0.1) is 0 Å². The Morgan fingerprint density at radius 2 is 2.08 bits per heavy atom. The molecule has 1 aliphatic rings. The molecule has 4 rings (SSSR count). The van der Waals surface area contributed by atoms with Crippen LogP contribution in [0.3, 0.4) is 0 Å². The van der Waals surface area contributed by atoms with Crippen LogP contribution in [-0.4, -0.2) is 28.0 Å². The van der Waals surface area contributed by atoms with E-state index in [1.165, 1.54) is 12.4 Å². The number of anilines is 2. The van der Waals surface area contributed by atoms with E-state index in [4.69, 9.17) is 11.6 Å². The molecule has 2 N–H and O–H groups in total. The number of fused-ring (bicyclic) bond motifs is 1. The van der Waals surface area contributed by atoms with Crippen molar-refractivity contribution in [2.45, 2.75) is 18.8 Å². The van der Waals surface area contributed by atoms with Crippen LogP contribution in [0.15, 0.2) is 30.7 Å². The van der Waals surface area contributed by atoms with Gasteiger partial charge in [0.15, 0.2) is 5.82 Å². The van der Waals surface area contributed by atoms with Crippen LogP contribution in [0.4, 0.5) is 20.3 Å². The third kappa shape index (κ3) is 3.20. The first-order valence-electron chi connectivity index (χ1n) is 8.35. The van der Waals surface area contributed by atoms with Gasteiger partial charge in [-0.3, -0.25) is 4.98 Å². The van der Waals surface area contributed by atoms with Crippen molar-refractivity contribution in [1.82, 2.24) is 20.3 Å². The number of pyridine rings is 1. The molecule has 1 atom stereocenters. The molecular formula is C18H16ClF2N5. The summed E-state index contributed by atoms with van der Waals surface area (Å²) >= 11 is 5.65. The molecule has 0 saturated carbocycles. The zero-order chi connectivity index (χ0) is 18.1. The van der Waals surface area contributed by atoms with Gasteiger partial charge in [-0.05, 0) is 37.6 Å². The standard InChI is InChI=1S/C18H16ClF2N5/c19-16-12(20)3-4-13(17(16)21)26-18-11-6-14(10-2-1-5-22-7-10)23-8-15(11)24-9-25-18/h3-4,6,8-10,22H,1-2,5,7H2,(H,24,25,26)/t10-/m0/s1. The quantitative estimate of drug-likeness (QED) is 0.673. The minimum atomic E-state index is -0.857. The minimum Gasteiger partial charge on any atom is -0.337 e. The van der Waals surface area contributed by atoms with E-state index >= 15 is 0 Å². The second kappa shape index (κ2) is 7.09. The maximum Gasteiger partial charge on any atom is 0.168 e. The van der Waals surface area contributed by atoms with E-state index in [0.717, 1.165) is 43.1 Å². The summed E-state index contributed by atoms with van der Waals surface area (Å²) in [7, 11) is 0. The lowest BCUT2D eigenvalue weighted by Crippen LogP contribution is -2.28. The maximum atomic E-state index is 14.2. The van der Waals surface area contributed by atoms with Gasteiger partial charge in [-0.2, -0.15) is 0 Å². The fraction of sp³-hybridized carbons (Fsp3) is 0.278. The van der Waals surface area contributed by atoms with Crippen LogP contribution in [-0.2, 0) is 0 Å². The predicted octanol–water partition coefficient (Wildman–Crippen LogP) is 4.17. The van der Waals surface area contributed by atoms with Gasteiger partial charge >= 0.3 is 0 Å². The molecule has 8 heteroatoms. The Kier molecular flexibility index (Phi) is 4.65. The second-order valence-electron chi connectivity index (χ2n) is 6.24. The first kappa shape index (κ1) is 17.1. The first-order chi connectivity index (χ1) is 12.6. The molecule has 1 aliphatic heterocycles. The average Bonchev–Trinajstić information content (AvgIpc) is 2.69. The van der Waals surface area contributed by atoms with Crippen molar-refractivity contribution in [3.8, 4) is 0 Å². The summed E-state index contributed by atoms with van der Waals surface area (Å²) in [4.78, 5) is 12.9. The van der Waals surface area contributed by atoms with Crippen LogP contribution < -0.4 is 10.6 Å². The summed E-state index contributed by atoms with van der Waals surface area (Å²) in [5, 5.41) is 6.43. The number of rotatable bonds is 3. The average molecular weight is 376 g/mol. The summed E-state index contributed by atoms with van der Waals surface area (Å²) in [6.07, 6.45) is 5.22. The summed E-state index contributed by atoms with van der Waals surface area (Å²) in [6.45, 7) is 1.89. The number of piperidine rings is 1. The molecule has 1 saturated heterocycles. The highest BCUT2D eigenvalue weighted by atomic mass is 35.5. The molecule has 1 aromatic carbocycles. The highest BCUT2D eigenvalue weighted by Crippen LogP contribution is 2.31. The van der Waals surface area contributed by atoms with Crippen molar-refractivity contribution in [3.63, 3.8) is 0 Å². The largest absolute Gasteiger partial charge is 0.337 e. The summed E-state index contributed by atoms with van der Waals surface area (Å²) in [5.41, 5.74) is 1.64. The van der Waals surface area contributed by atoms with E-state index in [1.807, 2.05) is 6.07 Å². The fourth-order valence-corrected chi connectivity index (χ4v) is 3.32. The molecule has 26 heavy (non-hydrogen) atoms. The van der Waals surface area contributed by atoms with E-state index in [2.05, 4.69) is 25.6 Å². The highest BCUT2D eigenvalue weighted by molar-refractivity contribution is 6.31. The van der Waals surface area contributed by atoms with E-state index in [0.29, 0.717) is 17.3 Å². The molecule has 0 aliphatic carbocycles. The molecular weight excluding hydrogens is 360 g/mol. The van der Waals surface area contributed by atoms with Gasteiger partial charge in [-0.25, -0.2) is 18.7 Å². The third-order valence-corrected chi connectivity index (χ3v) is 4.89. The molecule has 3 aromatic rings. The van der Waals surface area contributed by atoms with Gasteiger partial charge < -0.3 is 10.6 Å². The van der Waals surface area contributed by atoms with Crippen LogP contribution >= 0.6 is 11.6 Å². The van der Waals surface area contributed by atoms with Crippen LogP contribution in [0.1, 0.15) is 24.5 Å². The summed E-state index contributed by atoms with van der Waals surface area (Å²) in [6, 6.07) is 4.33. The van der Waals surface area contributed by atoms with Gasteiger partial charge in [0.1, 0.15) is 23.0 Å². The van der Waals surface area contributed by atoms with Gasteiger partial charge in [0, 0.05) is 23.5 Å². The Morgan fingerprint density at radius 3 is 2.88 bits per heavy atom. The molecule has 0 spiro atoms. The maximum absolute atomic E-state index is 14.2. The number of nitrogens with zero attached hydrogens (tertiary/aromatic N) is 3. The highest BCUT2D eigenvalue weighted by Gasteiger charge is 2.18.